The van der Waals surface area contributed by atoms with E-state index in [-0.39, 0.29) is 0 Å². The second kappa shape index (κ2) is 4.56. The highest BCUT2D eigenvalue weighted by Gasteiger charge is 2.10. The van der Waals surface area contributed by atoms with Gasteiger partial charge in [0.1, 0.15) is 11.3 Å². The van der Waals surface area contributed by atoms with E-state index in [9.17, 15) is 0 Å². The maximum atomic E-state index is 5.89. The van der Waals surface area contributed by atoms with Gasteiger partial charge in [-0.25, -0.2) is 4.98 Å². The van der Waals surface area contributed by atoms with Crippen molar-refractivity contribution in [1.82, 2.24) is 4.98 Å². The van der Waals surface area contributed by atoms with Crippen LogP contribution in [0.4, 0.5) is 5.69 Å². The lowest BCUT2D eigenvalue weighted by Crippen LogP contribution is -1.92. The molecule has 2 aromatic carbocycles. The molecule has 0 saturated heterocycles. The topological polar surface area (TPSA) is 61.3 Å². The number of aromatic nitrogens is 1. The van der Waals surface area contributed by atoms with Crippen LogP contribution >= 0.6 is 9.24 Å². The monoisotopic (exact) mass is 272 g/mol. The summed E-state index contributed by atoms with van der Waals surface area (Å²) in [6.45, 7) is 0. The maximum absolute atomic E-state index is 5.89. The minimum Gasteiger partial charge on any atom is -0.495 e. The molecule has 0 aliphatic carbocycles. The zero-order valence-electron chi connectivity index (χ0n) is 10.4. The molecule has 5 heteroatoms. The number of oxazole rings is 1. The molecular formula is C14H13N2O2P. The minimum absolute atomic E-state index is 0.556. The Balaban J connectivity index is 2.11. The Morgan fingerprint density at radius 1 is 1.21 bits per heavy atom. The minimum atomic E-state index is 0.556. The fourth-order valence-corrected chi connectivity index (χ4v) is 2.19. The maximum Gasteiger partial charge on any atom is 0.227 e. The largest absolute Gasteiger partial charge is 0.495 e. The summed E-state index contributed by atoms with van der Waals surface area (Å²) in [4.78, 5) is 4.46. The van der Waals surface area contributed by atoms with Gasteiger partial charge in [-0.1, -0.05) is 6.07 Å². The molecule has 0 aliphatic rings. The average molecular weight is 272 g/mol. The summed E-state index contributed by atoms with van der Waals surface area (Å²) in [5.74, 6) is 1.20. The van der Waals surface area contributed by atoms with Gasteiger partial charge >= 0.3 is 0 Å². The highest BCUT2D eigenvalue weighted by Crippen LogP contribution is 2.29. The summed E-state index contributed by atoms with van der Waals surface area (Å²) in [6.07, 6.45) is 0. The van der Waals surface area contributed by atoms with Gasteiger partial charge in [0, 0.05) is 5.56 Å². The number of ether oxygens (including phenoxy) is 1. The third-order valence-corrected chi connectivity index (χ3v) is 3.25. The van der Waals surface area contributed by atoms with Crippen molar-refractivity contribution in [3.63, 3.8) is 0 Å². The molecule has 1 aromatic heterocycles. The molecule has 0 spiro atoms. The van der Waals surface area contributed by atoms with Gasteiger partial charge in [-0.05, 0) is 35.6 Å². The van der Waals surface area contributed by atoms with E-state index in [4.69, 9.17) is 14.9 Å². The summed E-state index contributed by atoms with van der Waals surface area (Å²) in [5, 5.41) is 1.07. The van der Waals surface area contributed by atoms with Crippen molar-refractivity contribution in [1.29, 1.82) is 0 Å². The van der Waals surface area contributed by atoms with Gasteiger partial charge < -0.3 is 14.9 Å². The van der Waals surface area contributed by atoms with Crippen LogP contribution in [0.2, 0.25) is 0 Å². The average Bonchev–Trinajstić information content (AvgIpc) is 2.81. The SMILES string of the molecule is COc1ccc(-c2nc3cc(P)ccc3o2)cc1N. The third kappa shape index (κ3) is 2.15. The smallest absolute Gasteiger partial charge is 0.227 e. The van der Waals surface area contributed by atoms with Crippen LogP contribution in [0, 0.1) is 0 Å². The van der Waals surface area contributed by atoms with Gasteiger partial charge in [-0.3, -0.25) is 0 Å². The standard InChI is InChI=1S/C14H13N2O2P/c1-17-12-4-2-8(6-10(12)15)14-16-11-7-9(19)3-5-13(11)18-14/h2-7H,15,19H2,1H3. The van der Waals surface area contributed by atoms with Crippen LogP contribution in [-0.2, 0) is 0 Å². The van der Waals surface area contributed by atoms with Crippen LogP contribution in [0.1, 0.15) is 0 Å². The van der Waals surface area contributed by atoms with E-state index >= 15 is 0 Å². The molecule has 0 radical (unpaired) electrons. The Bertz CT molecular complexity index is 752. The van der Waals surface area contributed by atoms with Crippen LogP contribution in [0.5, 0.6) is 5.75 Å². The van der Waals surface area contributed by atoms with E-state index in [1.807, 2.05) is 24.3 Å². The molecule has 0 amide bonds. The van der Waals surface area contributed by atoms with Gasteiger partial charge in [0.15, 0.2) is 5.58 Å². The van der Waals surface area contributed by atoms with Crippen molar-refractivity contribution in [3.05, 3.63) is 36.4 Å². The fraction of sp³-hybridized carbons (Fsp3) is 0.0714. The highest BCUT2D eigenvalue weighted by molar-refractivity contribution is 7.27. The Morgan fingerprint density at radius 2 is 2.05 bits per heavy atom. The van der Waals surface area contributed by atoms with Gasteiger partial charge in [0.25, 0.3) is 0 Å². The molecule has 19 heavy (non-hydrogen) atoms. The van der Waals surface area contributed by atoms with Crippen LogP contribution in [0.25, 0.3) is 22.6 Å². The Labute approximate surface area is 112 Å². The normalized spacial score (nSPS) is 10.8. The van der Waals surface area contributed by atoms with Crippen molar-refractivity contribution in [2.24, 2.45) is 0 Å². The molecule has 0 bridgehead atoms. The highest BCUT2D eigenvalue weighted by atomic mass is 31.0. The third-order valence-electron chi connectivity index (χ3n) is 2.89. The lowest BCUT2D eigenvalue weighted by molar-refractivity contribution is 0.417. The molecule has 0 aliphatic heterocycles. The lowest BCUT2D eigenvalue weighted by Gasteiger charge is -2.04. The Hall–Kier alpha value is -2.06. The number of anilines is 1. The second-order valence-corrected chi connectivity index (χ2v) is 4.87. The van der Waals surface area contributed by atoms with E-state index in [2.05, 4.69) is 14.2 Å². The molecule has 96 valence electrons. The zero-order chi connectivity index (χ0) is 13.4. The van der Waals surface area contributed by atoms with Gasteiger partial charge in [-0.15, -0.1) is 9.24 Å². The summed E-state index contributed by atoms with van der Waals surface area (Å²) in [5.41, 5.74) is 8.88. The Morgan fingerprint density at radius 3 is 2.79 bits per heavy atom. The quantitative estimate of drug-likeness (QED) is 0.575. The number of methoxy groups -OCH3 is 1. The van der Waals surface area contributed by atoms with Crippen molar-refractivity contribution in [3.8, 4) is 17.2 Å². The first-order valence-corrected chi connectivity index (χ1v) is 6.35. The van der Waals surface area contributed by atoms with Crippen LogP contribution in [-0.4, -0.2) is 12.1 Å². The second-order valence-electron chi connectivity index (χ2n) is 4.20. The van der Waals surface area contributed by atoms with E-state index in [0.29, 0.717) is 17.3 Å². The molecule has 1 unspecified atom stereocenters. The van der Waals surface area contributed by atoms with Crippen molar-refractivity contribution < 1.29 is 9.15 Å². The van der Waals surface area contributed by atoms with E-state index < -0.39 is 0 Å². The summed E-state index contributed by atoms with van der Waals surface area (Å²) in [6, 6.07) is 11.3. The molecule has 2 N–H and O–H groups in total. The molecule has 0 fully saturated rings. The number of hydrogen-bond donors (Lipinski definition) is 1. The fourth-order valence-electron chi connectivity index (χ4n) is 1.94. The number of nitrogens with two attached hydrogens (primary N) is 1. The van der Waals surface area contributed by atoms with Crippen molar-refractivity contribution >= 4 is 31.3 Å². The molecule has 0 saturated carbocycles. The van der Waals surface area contributed by atoms with Gasteiger partial charge in [0.2, 0.25) is 5.89 Å². The predicted molar refractivity (Wildman–Crippen MR) is 79.8 cm³/mol. The predicted octanol–water partition coefficient (Wildman–Crippen LogP) is 2.59. The number of benzene rings is 2. The van der Waals surface area contributed by atoms with Crippen LogP contribution in [0.3, 0.4) is 0 Å². The first kappa shape index (κ1) is 12.0. The first-order valence-electron chi connectivity index (χ1n) is 5.77. The van der Waals surface area contributed by atoms with Gasteiger partial charge in [-0.2, -0.15) is 0 Å². The number of fused-ring (bicyclic) bond motifs is 1. The first-order chi connectivity index (χ1) is 9.17. The van der Waals surface area contributed by atoms with Gasteiger partial charge in [0.05, 0.1) is 12.8 Å². The number of nitrogen functional groups attached to an aromatic ring is 1. The molecule has 1 heterocycles. The Kier molecular flexibility index (Phi) is 2.88. The van der Waals surface area contributed by atoms with E-state index in [0.717, 1.165) is 22.0 Å². The van der Waals surface area contributed by atoms with Crippen molar-refractivity contribution in [2.75, 3.05) is 12.8 Å². The van der Waals surface area contributed by atoms with Crippen molar-refractivity contribution in [2.45, 2.75) is 0 Å². The number of nitrogens with zero attached hydrogens (tertiary/aromatic N) is 1. The molecular weight excluding hydrogens is 259 g/mol. The lowest BCUT2D eigenvalue weighted by atomic mass is 10.2. The molecule has 3 rings (SSSR count). The van der Waals surface area contributed by atoms with Crippen LogP contribution < -0.4 is 15.8 Å². The van der Waals surface area contributed by atoms with E-state index in [1.165, 1.54) is 0 Å². The summed E-state index contributed by atoms with van der Waals surface area (Å²) in [7, 11) is 4.23. The molecule has 3 aromatic rings. The zero-order valence-corrected chi connectivity index (χ0v) is 11.5. The summed E-state index contributed by atoms with van der Waals surface area (Å²) < 4.78 is 10.9. The van der Waals surface area contributed by atoms with Crippen LogP contribution in [0.15, 0.2) is 40.8 Å². The summed E-state index contributed by atoms with van der Waals surface area (Å²) >= 11 is 0. The van der Waals surface area contributed by atoms with E-state index in [1.54, 1.807) is 19.2 Å². The molecule has 4 nitrogen and oxygen atoms in total. The molecule has 1 atom stereocenters. The number of hydrogen-bond acceptors (Lipinski definition) is 4. The number of rotatable bonds is 2.